The molecule has 0 aliphatic carbocycles. The molecule has 1 fully saturated rings. The van der Waals surface area contributed by atoms with Crippen molar-refractivity contribution < 1.29 is 14.7 Å². The number of carboxylic acid groups (broad SMARTS) is 1. The lowest BCUT2D eigenvalue weighted by atomic mass is 10.1. The van der Waals surface area contributed by atoms with Gasteiger partial charge in [-0.3, -0.25) is 14.7 Å². The minimum absolute atomic E-state index is 0.0732. The molecule has 1 aliphatic heterocycles. The first-order valence-electron chi connectivity index (χ1n) is 5.15. The Kier molecular flexibility index (Phi) is 2.89. The van der Waals surface area contributed by atoms with Gasteiger partial charge in [-0.1, -0.05) is 0 Å². The molecule has 6 heteroatoms. The van der Waals surface area contributed by atoms with Crippen LogP contribution in [0.3, 0.4) is 0 Å². The van der Waals surface area contributed by atoms with Crippen molar-refractivity contribution in [2.75, 3.05) is 13.1 Å². The first kappa shape index (κ1) is 10.7. The highest BCUT2D eigenvalue weighted by molar-refractivity contribution is 5.86. The molecular formula is C10H13N3O3. The Hall–Kier alpha value is -1.85. The average Bonchev–Trinajstić information content (AvgIpc) is 2.84. The van der Waals surface area contributed by atoms with Crippen molar-refractivity contribution >= 4 is 11.9 Å². The zero-order valence-electron chi connectivity index (χ0n) is 8.72. The SMILES string of the molecule is O=C(O)C1CC(=O)N(CCc2cn[nH]c2)C1. The predicted octanol–water partition coefficient (Wildman–Crippen LogP) is -0.115. The summed E-state index contributed by atoms with van der Waals surface area (Å²) in [4.78, 5) is 23.8. The molecule has 0 saturated carbocycles. The minimum atomic E-state index is -0.890. The van der Waals surface area contributed by atoms with E-state index < -0.39 is 11.9 Å². The molecule has 1 aromatic rings. The standard InChI is InChI=1S/C10H13N3O3/c14-9-3-8(10(15)16)6-13(9)2-1-7-4-11-12-5-7/h4-5,8H,1-3,6H2,(H,11,12)(H,15,16). The van der Waals surface area contributed by atoms with Crippen LogP contribution < -0.4 is 0 Å². The lowest BCUT2D eigenvalue weighted by molar-refractivity contribution is -0.141. The summed E-state index contributed by atoms with van der Waals surface area (Å²) in [5.74, 6) is -1.51. The normalized spacial score (nSPS) is 20.4. The van der Waals surface area contributed by atoms with Gasteiger partial charge in [0.2, 0.25) is 5.91 Å². The third kappa shape index (κ3) is 2.21. The van der Waals surface area contributed by atoms with E-state index in [4.69, 9.17) is 5.11 Å². The van der Waals surface area contributed by atoms with Gasteiger partial charge in [0.1, 0.15) is 0 Å². The van der Waals surface area contributed by atoms with Crippen LogP contribution >= 0.6 is 0 Å². The number of rotatable bonds is 4. The van der Waals surface area contributed by atoms with E-state index in [2.05, 4.69) is 10.2 Å². The molecule has 1 aromatic heterocycles. The topological polar surface area (TPSA) is 86.3 Å². The number of nitrogens with zero attached hydrogens (tertiary/aromatic N) is 2. The van der Waals surface area contributed by atoms with Crippen LogP contribution in [-0.4, -0.2) is 45.2 Å². The van der Waals surface area contributed by atoms with Gasteiger partial charge < -0.3 is 10.0 Å². The van der Waals surface area contributed by atoms with Crippen LogP contribution in [0.5, 0.6) is 0 Å². The summed E-state index contributed by atoms with van der Waals surface area (Å²) in [5, 5.41) is 15.3. The predicted molar refractivity (Wildman–Crippen MR) is 54.6 cm³/mol. The van der Waals surface area contributed by atoms with Crippen molar-refractivity contribution in [1.29, 1.82) is 0 Å². The van der Waals surface area contributed by atoms with Gasteiger partial charge in [-0.05, 0) is 12.0 Å². The average molecular weight is 223 g/mol. The van der Waals surface area contributed by atoms with E-state index in [0.29, 0.717) is 19.5 Å². The monoisotopic (exact) mass is 223 g/mol. The Labute approximate surface area is 92.3 Å². The Balaban J connectivity index is 1.87. The number of aromatic nitrogens is 2. The highest BCUT2D eigenvalue weighted by Gasteiger charge is 2.33. The fraction of sp³-hybridized carbons (Fsp3) is 0.500. The van der Waals surface area contributed by atoms with Gasteiger partial charge in [0.25, 0.3) is 0 Å². The number of carbonyl (C=O) groups is 2. The number of carboxylic acids is 1. The zero-order valence-corrected chi connectivity index (χ0v) is 8.72. The lowest BCUT2D eigenvalue weighted by Gasteiger charge is -2.14. The molecule has 1 unspecified atom stereocenters. The second-order valence-corrected chi connectivity index (χ2v) is 3.94. The fourth-order valence-corrected chi connectivity index (χ4v) is 1.83. The summed E-state index contributed by atoms with van der Waals surface area (Å²) < 4.78 is 0. The van der Waals surface area contributed by atoms with Crippen LogP contribution in [0, 0.1) is 5.92 Å². The number of H-pyrrole nitrogens is 1. The molecule has 2 rings (SSSR count). The van der Waals surface area contributed by atoms with Crippen molar-refractivity contribution in [3.63, 3.8) is 0 Å². The second-order valence-electron chi connectivity index (χ2n) is 3.94. The minimum Gasteiger partial charge on any atom is -0.481 e. The third-order valence-electron chi connectivity index (χ3n) is 2.79. The summed E-state index contributed by atoms with van der Waals surface area (Å²) in [5.41, 5.74) is 1.02. The summed E-state index contributed by atoms with van der Waals surface area (Å²) in [6.07, 6.45) is 4.31. The van der Waals surface area contributed by atoms with Gasteiger partial charge in [-0.15, -0.1) is 0 Å². The molecule has 1 atom stereocenters. The summed E-state index contributed by atoms with van der Waals surface area (Å²) in [6, 6.07) is 0. The molecule has 1 aliphatic rings. The molecule has 0 aromatic carbocycles. The van der Waals surface area contributed by atoms with E-state index in [0.717, 1.165) is 5.56 Å². The Morgan fingerprint density at radius 3 is 3.06 bits per heavy atom. The maximum atomic E-state index is 11.5. The van der Waals surface area contributed by atoms with Crippen LogP contribution in [-0.2, 0) is 16.0 Å². The number of hydrogen-bond donors (Lipinski definition) is 2. The molecule has 6 nitrogen and oxygen atoms in total. The van der Waals surface area contributed by atoms with Gasteiger partial charge >= 0.3 is 5.97 Å². The number of aliphatic carboxylic acids is 1. The number of nitrogens with one attached hydrogen (secondary N) is 1. The molecule has 0 spiro atoms. The van der Waals surface area contributed by atoms with Crippen LogP contribution in [0.2, 0.25) is 0 Å². The molecule has 2 N–H and O–H groups in total. The summed E-state index contributed by atoms with van der Waals surface area (Å²) in [7, 11) is 0. The molecule has 2 heterocycles. The largest absolute Gasteiger partial charge is 0.481 e. The number of likely N-dealkylation sites (tertiary alicyclic amines) is 1. The molecule has 0 radical (unpaired) electrons. The maximum Gasteiger partial charge on any atom is 0.308 e. The maximum absolute atomic E-state index is 11.5. The van der Waals surface area contributed by atoms with E-state index in [9.17, 15) is 9.59 Å². The molecule has 86 valence electrons. The van der Waals surface area contributed by atoms with Crippen molar-refractivity contribution in [3.05, 3.63) is 18.0 Å². The Bertz CT molecular complexity index is 388. The van der Waals surface area contributed by atoms with Gasteiger partial charge in [-0.25, -0.2) is 0 Å². The quantitative estimate of drug-likeness (QED) is 0.745. The van der Waals surface area contributed by atoms with E-state index in [1.165, 1.54) is 0 Å². The van der Waals surface area contributed by atoms with Crippen molar-refractivity contribution in [2.24, 2.45) is 5.92 Å². The summed E-state index contributed by atoms with van der Waals surface area (Å²) >= 11 is 0. The van der Waals surface area contributed by atoms with Crippen molar-refractivity contribution in [3.8, 4) is 0 Å². The van der Waals surface area contributed by atoms with E-state index in [1.54, 1.807) is 17.3 Å². The molecule has 0 bridgehead atoms. The molecule has 16 heavy (non-hydrogen) atoms. The highest BCUT2D eigenvalue weighted by atomic mass is 16.4. The van der Waals surface area contributed by atoms with E-state index in [1.807, 2.05) is 0 Å². The van der Waals surface area contributed by atoms with Gasteiger partial charge in [0.05, 0.1) is 12.1 Å². The summed E-state index contributed by atoms with van der Waals surface area (Å²) in [6.45, 7) is 0.883. The fourth-order valence-electron chi connectivity index (χ4n) is 1.83. The van der Waals surface area contributed by atoms with Crippen LogP contribution in [0.25, 0.3) is 0 Å². The number of hydrogen-bond acceptors (Lipinski definition) is 3. The van der Waals surface area contributed by atoms with Crippen molar-refractivity contribution in [2.45, 2.75) is 12.8 Å². The van der Waals surface area contributed by atoms with Gasteiger partial charge in [0.15, 0.2) is 0 Å². The van der Waals surface area contributed by atoms with Crippen molar-refractivity contribution in [1.82, 2.24) is 15.1 Å². The first-order chi connectivity index (χ1) is 7.66. The van der Waals surface area contributed by atoms with Crippen LogP contribution in [0.15, 0.2) is 12.4 Å². The zero-order chi connectivity index (χ0) is 11.5. The van der Waals surface area contributed by atoms with Crippen LogP contribution in [0.1, 0.15) is 12.0 Å². The number of aromatic amines is 1. The molecular weight excluding hydrogens is 210 g/mol. The smallest absolute Gasteiger partial charge is 0.308 e. The number of carbonyl (C=O) groups excluding carboxylic acids is 1. The van der Waals surface area contributed by atoms with E-state index >= 15 is 0 Å². The van der Waals surface area contributed by atoms with Gasteiger partial charge in [-0.2, -0.15) is 5.10 Å². The van der Waals surface area contributed by atoms with E-state index in [-0.39, 0.29) is 12.3 Å². The lowest BCUT2D eigenvalue weighted by Crippen LogP contribution is -2.28. The second kappa shape index (κ2) is 4.34. The first-order valence-corrected chi connectivity index (χ1v) is 5.15. The van der Waals surface area contributed by atoms with Crippen LogP contribution in [0.4, 0.5) is 0 Å². The molecule has 1 saturated heterocycles. The van der Waals surface area contributed by atoms with Gasteiger partial charge in [0, 0.05) is 25.7 Å². The number of amides is 1. The Morgan fingerprint density at radius 2 is 2.50 bits per heavy atom. The highest BCUT2D eigenvalue weighted by Crippen LogP contribution is 2.18. The Morgan fingerprint density at radius 1 is 1.69 bits per heavy atom. The molecule has 1 amide bonds. The third-order valence-corrected chi connectivity index (χ3v) is 2.79.